The minimum Gasteiger partial charge on any atom is -0.478 e. The second kappa shape index (κ2) is 8.96. The summed E-state index contributed by atoms with van der Waals surface area (Å²) < 4.78 is 24.8. The predicted octanol–water partition coefficient (Wildman–Crippen LogP) is 3.66. The highest BCUT2D eigenvalue weighted by Crippen LogP contribution is 2.17. The number of halogens is 1. The van der Waals surface area contributed by atoms with Gasteiger partial charge in [-0.3, -0.25) is 0 Å². The Hall–Kier alpha value is -2.50. The molecule has 4 nitrogen and oxygen atoms in total. The second-order valence-corrected chi connectivity index (χ2v) is 5.18. The second-order valence-electron chi connectivity index (χ2n) is 5.18. The van der Waals surface area contributed by atoms with Gasteiger partial charge >= 0.3 is 5.97 Å². The fraction of sp³-hybridized carbons (Fsp3) is 0.211. The lowest BCUT2D eigenvalue weighted by Gasteiger charge is -2.08. The minimum atomic E-state index is -1.17. The summed E-state index contributed by atoms with van der Waals surface area (Å²) >= 11 is 0. The van der Waals surface area contributed by atoms with E-state index in [1.54, 1.807) is 0 Å². The van der Waals surface area contributed by atoms with Crippen LogP contribution in [0.1, 0.15) is 16.7 Å². The van der Waals surface area contributed by atoms with Crippen LogP contribution < -0.4 is 0 Å². The van der Waals surface area contributed by atoms with Crippen LogP contribution >= 0.6 is 0 Å². The highest BCUT2D eigenvalue weighted by molar-refractivity contribution is 6.14. The molecule has 2 aromatic carbocycles. The van der Waals surface area contributed by atoms with Gasteiger partial charge in [-0.2, -0.15) is 0 Å². The molecule has 0 saturated heterocycles. The van der Waals surface area contributed by atoms with E-state index in [2.05, 4.69) is 6.58 Å². The highest BCUT2D eigenvalue weighted by Gasteiger charge is 2.10. The molecule has 0 heterocycles. The van der Waals surface area contributed by atoms with E-state index in [0.29, 0.717) is 25.4 Å². The first-order valence-corrected chi connectivity index (χ1v) is 7.48. The SMILES string of the molecule is C=C(C(=O)O)c1ccc(COCCOCc2ccccc2)c(F)c1. The first-order chi connectivity index (χ1) is 11.6. The maximum atomic E-state index is 13.9. The Morgan fingerprint density at radius 2 is 1.71 bits per heavy atom. The van der Waals surface area contributed by atoms with Gasteiger partial charge in [0.15, 0.2) is 0 Å². The van der Waals surface area contributed by atoms with Crippen LogP contribution in [0.15, 0.2) is 55.1 Å². The molecule has 0 saturated carbocycles. The van der Waals surface area contributed by atoms with Crippen molar-refractivity contribution in [1.82, 2.24) is 0 Å². The van der Waals surface area contributed by atoms with Crippen molar-refractivity contribution in [1.29, 1.82) is 0 Å². The molecule has 2 aromatic rings. The van der Waals surface area contributed by atoms with Gasteiger partial charge in [0.1, 0.15) is 5.82 Å². The molecule has 24 heavy (non-hydrogen) atoms. The molecule has 0 fully saturated rings. The van der Waals surface area contributed by atoms with Gasteiger partial charge in [0.05, 0.1) is 32.0 Å². The summed E-state index contributed by atoms with van der Waals surface area (Å²) in [4.78, 5) is 10.8. The smallest absolute Gasteiger partial charge is 0.335 e. The van der Waals surface area contributed by atoms with Gasteiger partial charge in [-0.1, -0.05) is 49.0 Å². The lowest BCUT2D eigenvalue weighted by atomic mass is 10.1. The maximum absolute atomic E-state index is 13.9. The zero-order valence-electron chi connectivity index (χ0n) is 13.2. The lowest BCUT2D eigenvalue weighted by molar-refractivity contribution is -0.130. The quantitative estimate of drug-likeness (QED) is 0.563. The van der Waals surface area contributed by atoms with Gasteiger partial charge in [0, 0.05) is 5.56 Å². The average Bonchev–Trinajstić information content (AvgIpc) is 2.59. The Balaban J connectivity index is 1.72. The average molecular weight is 330 g/mol. The number of ether oxygens (including phenoxy) is 2. The van der Waals surface area contributed by atoms with Gasteiger partial charge < -0.3 is 14.6 Å². The number of carboxylic acids is 1. The largest absolute Gasteiger partial charge is 0.478 e. The third-order valence-electron chi connectivity index (χ3n) is 3.40. The Labute approximate surface area is 140 Å². The number of carboxylic acid groups (broad SMARTS) is 1. The van der Waals surface area contributed by atoms with Gasteiger partial charge in [0.25, 0.3) is 0 Å². The van der Waals surface area contributed by atoms with Gasteiger partial charge in [-0.25, -0.2) is 9.18 Å². The highest BCUT2D eigenvalue weighted by atomic mass is 19.1. The van der Waals surface area contributed by atoms with Crippen LogP contribution in [0.2, 0.25) is 0 Å². The van der Waals surface area contributed by atoms with Crippen molar-refractivity contribution in [2.75, 3.05) is 13.2 Å². The third-order valence-corrected chi connectivity index (χ3v) is 3.40. The van der Waals surface area contributed by atoms with E-state index >= 15 is 0 Å². The summed E-state index contributed by atoms with van der Waals surface area (Å²) in [5, 5.41) is 8.84. The molecule has 0 radical (unpaired) electrons. The lowest BCUT2D eigenvalue weighted by Crippen LogP contribution is -2.06. The fourth-order valence-corrected chi connectivity index (χ4v) is 2.04. The number of carbonyl (C=O) groups is 1. The van der Waals surface area contributed by atoms with Crippen LogP contribution in [0.3, 0.4) is 0 Å². The number of aliphatic carboxylic acids is 1. The molecular formula is C19H19FO4. The first-order valence-electron chi connectivity index (χ1n) is 7.48. The molecule has 2 rings (SSSR count). The van der Waals surface area contributed by atoms with Gasteiger partial charge in [0.2, 0.25) is 0 Å². The third kappa shape index (κ3) is 5.30. The van der Waals surface area contributed by atoms with Gasteiger partial charge in [-0.15, -0.1) is 0 Å². The molecule has 1 N–H and O–H groups in total. The Morgan fingerprint density at radius 3 is 2.33 bits per heavy atom. The van der Waals surface area contributed by atoms with Crippen molar-refractivity contribution in [3.8, 4) is 0 Å². The van der Waals surface area contributed by atoms with E-state index in [1.165, 1.54) is 12.1 Å². The minimum absolute atomic E-state index is 0.0976. The maximum Gasteiger partial charge on any atom is 0.335 e. The zero-order chi connectivity index (χ0) is 17.4. The Bertz CT molecular complexity index is 698. The number of hydrogen-bond acceptors (Lipinski definition) is 3. The molecule has 0 aromatic heterocycles. The summed E-state index contributed by atoms with van der Waals surface area (Å²) in [5.41, 5.74) is 1.54. The van der Waals surface area contributed by atoms with Crippen molar-refractivity contribution in [2.24, 2.45) is 0 Å². The Kier molecular flexibility index (Phi) is 6.66. The number of benzene rings is 2. The summed E-state index contributed by atoms with van der Waals surface area (Å²) in [6, 6.07) is 14.0. The molecule has 5 heteroatoms. The van der Waals surface area contributed by atoms with E-state index in [9.17, 15) is 9.18 Å². The number of hydrogen-bond donors (Lipinski definition) is 1. The normalized spacial score (nSPS) is 10.5. The van der Waals surface area contributed by atoms with Gasteiger partial charge in [-0.05, 0) is 17.2 Å². The molecular weight excluding hydrogens is 311 g/mol. The molecule has 0 atom stereocenters. The Morgan fingerprint density at radius 1 is 1.04 bits per heavy atom. The zero-order valence-corrected chi connectivity index (χ0v) is 13.2. The fourth-order valence-electron chi connectivity index (χ4n) is 2.04. The van der Waals surface area contributed by atoms with Crippen molar-refractivity contribution < 1.29 is 23.8 Å². The number of rotatable bonds is 9. The molecule has 0 aliphatic rings. The van der Waals surface area contributed by atoms with Crippen LogP contribution in [0.4, 0.5) is 4.39 Å². The molecule has 0 amide bonds. The summed E-state index contributed by atoms with van der Waals surface area (Å²) in [5.74, 6) is -1.69. The van der Waals surface area contributed by atoms with Crippen LogP contribution in [0.5, 0.6) is 0 Å². The van der Waals surface area contributed by atoms with E-state index in [0.717, 1.165) is 11.6 Å². The van der Waals surface area contributed by atoms with Crippen molar-refractivity contribution >= 4 is 11.5 Å². The molecule has 0 spiro atoms. The van der Waals surface area contributed by atoms with Crippen LogP contribution in [0, 0.1) is 5.82 Å². The topological polar surface area (TPSA) is 55.8 Å². The standard InChI is InChI=1S/C19H19FO4/c1-14(19(21)22)16-7-8-17(18(20)11-16)13-24-10-9-23-12-15-5-3-2-4-6-15/h2-8,11H,1,9-10,12-13H2,(H,21,22). The van der Waals surface area contributed by atoms with Crippen molar-refractivity contribution in [3.63, 3.8) is 0 Å². The molecule has 0 unspecified atom stereocenters. The van der Waals surface area contributed by atoms with Crippen LogP contribution in [-0.4, -0.2) is 24.3 Å². The monoisotopic (exact) mass is 330 g/mol. The van der Waals surface area contributed by atoms with Crippen molar-refractivity contribution in [2.45, 2.75) is 13.2 Å². The summed E-state index contributed by atoms with van der Waals surface area (Å²) in [6.07, 6.45) is 0. The molecule has 126 valence electrons. The molecule has 0 bridgehead atoms. The van der Waals surface area contributed by atoms with Crippen molar-refractivity contribution in [3.05, 3.63) is 77.6 Å². The first kappa shape index (κ1) is 17.8. The summed E-state index contributed by atoms with van der Waals surface area (Å²) in [6.45, 7) is 4.75. The van der Waals surface area contributed by atoms with Crippen LogP contribution in [-0.2, 0) is 27.5 Å². The predicted molar refractivity (Wildman–Crippen MR) is 88.8 cm³/mol. The molecule has 0 aliphatic heterocycles. The van der Waals surface area contributed by atoms with E-state index in [-0.39, 0.29) is 17.7 Å². The van der Waals surface area contributed by atoms with E-state index < -0.39 is 11.8 Å². The van der Waals surface area contributed by atoms with E-state index in [1.807, 2.05) is 30.3 Å². The summed E-state index contributed by atoms with van der Waals surface area (Å²) in [7, 11) is 0. The van der Waals surface area contributed by atoms with E-state index in [4.69, 9.17) is 14.6 Å². The van der Waals surface area contributed by atoms with Crippen LogP contribution in [0.25, 0.3) is 5.57 Å². The molecule has 0 aliphatic carbocycles.